The average Bonchev–Trinajstić information content (AvgIpc) is 2.22. The Balaban J connectivity index is 4.63. The molecule has 0 N–H and O–H groups in total. The van der Waals surface area contributed by atoms with Crippen LogP contribution < -0.4 is 0 Å². The number of esters is 1. The lowest BCUT2D eigenvalue weighted by Crippen LogP contribution is -2.30. The van der Waals surface area contributed by atoms with Crippen LogP contribution in [-0.4, -0.2) is 18.9 Å². The molecule has 0 aliphatic rings. The average molecular weight is 210 g/mol. The minimum Gasteiger partial charge on any atom is -0.468 e. The summed E-state index contributed by atoms with van der Waals surface area (Å²) in [6.07, 6.45) is 7.19. The topological polar surface area (TPSA) is 43.4 Å². The van der Waals surface area contributed by atoms with Gasteiger partial charge in [-0.3, -0.25) is 9.59 Å². The Labute approximate surface area is 91.2 Å². The molecule has 0 aromatic carbocycles. The fourth-order valence-electron chi connectivity index (χ4n) is 1.69. The van der Waals surface area contributed by atoms with E-state index in [0.717, 1.165) is 6.42 Å². The third kappa shape index (κ3) is 4.16. The maximum atomic E-state index is 11.4. The maximum absolute atomic E-state index is 11.4. The molecule has 3 heteroatoms. The number of hydrogen-bond donors (Lipinski definition) is 0. The molecular weight excluding hydrogens is 192 g/mol. The van der Waals surface area contributed by atoms with Gasteiger partial charge in [0.2, 0.25) is 0 Å². The number of Topliss-reactive ketones (excluding diaryl/α,β-unsaturated/α-hetero) is 1. The summed E-state index contributed by atoms with van der Waals surface area (Å²) in [5, 5.41) is 0. The number of rotatable bonds is 6. The molecule has 15 heavy (non-hydrogen) atoms. The number of ether oxygens (including phenoxy) is 1. The van der Waals surface area contributed by atoms with E-state index in [9.17, 15) is 9.59 Å². The highest BCUT2D eigenvalue weighted by atomic mass is 16.5. The Hall–Kier alpha value is -1.30. The van der Waals surface area contributed by atoms with Crippen molar-refractivity contribution in [1.29, 1.82) is 0 Å². The number of ketones is 1. The van der Waals surface area contributed by atoms with Crippen LogP contribution in [0.15, 0.2) is 0 Å². The molecule has 3 nitrogen and oxygen atoms in total. The van der Waals surface area contributed by atoms with Crippen molar-refractivity contribution in [2.45, 2.75) is 33.1 Å². The van der Waals surface area contributed by atoms with Gasteiger partial charge in [-0.25, -0.2) is 0 Å². The first-order valence-corrected chi connectivity index (χ1v) is 5.10. The van der Waals surface area contributed by atoms with Gasteiger partial charge in [0.15, 0.2) is 0 Å². The molecule has 0 fully saturated rings. The van der Waals surface area contributed by atoms with Crippen LogP contribution in [0.5, 0.6) is 0 Å². The fourth-order valence-corrected chi connectivity index (χ4v) is 1.69. The van der Waals surface area contributed by atoms with Gasteiger partial charge in [0.1, 0.15) is 11.7 Å². The molecule has 2 unspecified atom stereocenters. The van der Waals surface area contributed by atoms with Crippen molar-refractivity contribution in [3.63, 3.8) is 0 Å². The summed E-state index contributed by atoms with van der Waals surface area (Å²) in [6, 6.07) is 0. The lowest BCUT2D eigenvalue weighted by Gasteiger charge is -2.20. The lowest BCUT2D eigenvalue weighted by molar-refractivity contribution is -0.151. The lowest BCUT2D eigenvalue weighted by atomic mass is 9.84. The van der Waals surface area contributed by atoms with E-state index in [-0.39, 0.29) is 11.7 Å². The van der Waals surface area contributed by atoms with Gasteiger partial charge in [0, 0.05) is 6.42 Å². The predicted molar refractivity (Wildman–Crippen MR) is 58.0 cm³/mol. The minimum absolute atomic E-state index is 0.00833. The second-order valence-corrected chi connectivity index (χ2v) is 3.52. The van der Waals surface area contributed by atoms with Crippen LogP contribution >= 0.6 is 0 Å². The van der Waals surface area contributed by atoms with Crippen LogP contribution in [0.2, 0.25) is 0 Å². The number of carbonyl (C=O) groups excluding carboxylic acids is 2. The molecule has 0 bridgehead atoms. The van der Waals surface area contributed by atoms with Crippen LogP contribution in [0.3, 0.4) is 0 Å². The van der Waals surface area contributed by atoms with E-state index >= 15 is 0 Å². The first kappa shape index (κ1) is 13.7. The molecule has 0 saturated heterocycles. The van der Waals surface area contributed by atoms with E-state index in [1.807, 2.05) is 6.92 Å². The third-order valence-electron chi connectivity index (χ3n) is 2.55. The van der Waals surface area contributed by atoms with Gasteiger partial charge < -0.3 is 4.74 Å². The molecule has 0 aromatic rings. The molecule has 0 saturated carbocycles. The molecule has 0 aliphatic carbocycles. The Morgan fingerprint density at radius 1 is 1.47 bits per heavy atom. The SMILES string of the molecule is C#CCCC(CC)C(C(C)=O)C(=O)OC. The van der Waals surface area contributed by atoms with Crippen LogP contribution in [0.25, 0.3) is 0 Å². The number of carbonyl (C=O) groups is 2. The van der Waals surface area contributed by atoms with E-state index in [4.69, 9.17) is 6.42 Å². The molecule has 0 spiro atoms. The molecule has 0 aliphatic heterocycles. The molecule has 0 heterocycles. The van der Waals surface area contributed by atoms with Crippen molar-refractivity contribution < 1.29 is 14.3 Å². The van der Waals surface area contributed by atoms with Crippen molar-refractivity contribution in [3.05, 3.63) is 0 Å². The first-order valence-electron chi connectivity index (χ1n) is 5.10. The largest absolute Gasteiger partial charge is 0.468 e. The Bertz CT molecular complexity index is 263. The molecule has 2 atom stereocenters. The summed E-state index contributed by atoms with van der Waals surface area (Å²) in [7, 11) is 1.30. The van der Waals surface area contributed by atoms with E-state index in [1.165, 1.54) is 14.0 Å². The second kappa shape index (κ2) is 7.05. The summed E-state index contributed by atoms with van der Waals surface area (Å²) in [6.45, 7) is 3.36. The smallest absolute Gasteiger partial charge is 0.316 e. The molecule has 0 rings (SSSR count). The van der Waals surface area contributed by atoms with Gasteiger partial charge in [0.25, 0.3) is 0 Å². The van der Waals surface area contributed by atoms with E-state index in [0.29, 0.717) is 12.8 Å². The van der Waals surface area contributed by atoms with E-state index < -0.39 is 11.9 Å². The molecule has 0 radical (unpaired) electrons. The molecular formula is C12H18O3. The van der Waals surface area contributed by atoms with Crippen LogP contribution in [0.1, 0.15) is 33.1 Å². The van der Waals surface area contributed by atoms with Crippen molar-refractivity contribution in [1.82, 2.24) is 0 Å². The Morgan fingerprint density at radius 2 is 2.07 bits per heavy atom. The molecule has 0 amide bonds. The van der Waals surface area contributed by atoms with Crippen molar-refractivity contribution in [2.24, 2.45) is 11.8 Å². The zero-order valence-corrected chi connectivity index (χ0v) is 9.58. The second-order valence-electron chi connectivity index (χ2n) is 3.52. The number of hydrogen-bond acceptors (Lipinski definition) is 3. The third-order valence-corrected chi connectivity index (χ3v) is 2.55. The zero-order chi connectivity index (χ0) is 11.8. The number of terminal acetylenes is 1. The molecule has 84 valence electrons. The Morgan fingerprint density at radius 3 is 2.40 bits per heavy atom. The highest BCUT2D eigenvalue weighted by Crippen LogP contribution is 2.23. The van der Waals surface area contributed by atoms with E-state index in [2.05, 4.69) is 10.7 Å². The van der Waals surface area contributed by atoms with Gasteiger partial charge in [-0.15, -0.1) is 12.3 Å². The minimum atomic E-state index is -0.659. The maximum Gasteiger partial charge on any atom is 0.316 e. The highest BCUT2D eigenvalue weighted by molar-refractivity contribution is 5.98. The number of methoxy groups -OCH3 is 1. The van der Waals surface area contributed by atoms with Gasteiger partial charge in [0.05, 0.1) is 7.11 Å². The van der Waals surface area contributed by atoms with Gasteiger partial charge in [-0.1, -0.05) is 13.3 Å². The van der Waals surface area contributed by atoms with Gasteiger partial charge in [-0.2, -0.15) is 0 Å². The summed E-state index contributed by atoms with van der Waals surface area (Å²) in [5.41, 5.74) is 0. The van der Waals surface area contributed by atoms with Crippen molar-refractivity contribution in [3.8, 4) is 12.3 Å². The summed E-state index contributed by atoms with van der Waals surface area (Å²) < 4.78 is 4.63. The van der Waals surface area contributed by atoms with Crippen molar-refractivity contribution >= 4 is 11.8 Å². The Kier molecular flexibility index (Phi) is 6.44. The summed E-state index contributed by atoms with van der Waals surface area (Å²) in [5.74, 6) is 1.25. The zero-order valence-electron chi connectivity index (χ0n) is 9.58. The van der Waals surface area contributed by atoms with Crippen LogP contribution in [0, 0.1) is 24.2 Å². The van der Waals surface area contributed by atoms with Crippen LogP contribution in [0.4, 0.5) is 0 Å². The monoisotopic (exact) mass is 210 g/mol. The van der Waals surface area contributed by atoms with Crippen LogP contribution in [-0.2, 0) is 14.3 Å². The van der Waals surface area contributed by atoms with E-state index in [1.54, 1.807) is 0 Å². The summed E-state index contributed by atoms with van der Waals surface area (Å²) in [4.78, 5) is 22.8. The summed E-state index contributed by atoms with van der Waals surface area (Å²) >= 11 is 0. The highest BCUT2D eigenvalue weighted by Gasteiger charge is 2.31. The predicted octanol–water partition coefficient (Wildman–Crippen LogP) is 1.80. The quantitative estimate of drug-likeness (QED) is 0.381. The fraction of sp³-hybridized carbons (Fsp3) is 0.667. The van der Waals surface area contributed by atoms with Gasteiger partial charge in [-0.05, 0) is 19.3 Å². The normalized spacial score (nSPS) is 13.7. The van der Waals surface area contributed by atoms with Gasteiger partial charge >= 0.3 is 5.97 Å². The standard InChI is InChI=1S/C12H18O3/c1-5-7-8-10(6-2)11(9(3)13)12(14)15-4/h1,10-11H,6-8H2,2-4H3. The molecule has 0 aromatic heterocycles. The first-order chi connectivity index (χ1) is 7.08. The van der Waals surface area contributed by atoms with Crippen molar-refractivity contribution in [2.75, 3.05) is 7.11 Å².